The summed E-state index contributed by atoms with van der Waals surface area (Å²) in [5.74, 6) is 2.41. The number of benzene rings is 1. The summed E-state index contributed by atoms with van der Waals surface area (Å²) in [6.07, 6.45) is 1.11. The van der Waals surface area contributed by atoms with E-state index in [9.17, 15) is 0 Å². The van der Waals surface area contributed by atoms with E-state index in [2.05, 4.69) is 29.1 Å². The highest BCUT2D eigenvalue weighted by atomic mass is 32.1. The lowest BCUT2D eigenvalue weighted by Crippen LogP contribution is -2.14. The van der Waals surface area contributed by atoms with Crippen LogP contribution in [0.3, 0.4) is 0 Å². The normalized spacial score (nSPS) is 12.6. The van der Waals surface area contributed by atoms with E-state index >= 15 is 0 Å². The van der Waals surface area contributed by atoms with E-state index in [1.165, 1.54) is 5.56 Å². The minimum Gasteiger partial charge on any atom is -0.488 e. The maximum Gasteiger partial charge on any atom is 0.231 e. The van der Waals surface area contributed by atoms with Crippen LogP contribution < -0.4 is 19.5 Å². The van der Waals surface area contributed by atoms with Gasteiger partial charge in [0.25, 0.3) is 0 Å². The number of nitrogens with one attached hydrogen (secondary N) is 1. The quantitative estimate of drug-likeness (QED) is 0.794. The van der Waals surface area contributed by atoms with Gasteiger partial charge in [-0.15, -0.1) is 0 Å². The highest BCUT2D eigenvalue weighted by molar-refractivity contribution is 7.07. The molecular weight excluding hydrogens is 286 g/mol. The summed E-state index contributed by atoms with van der Waals surface area (Å²) in [6.45, 7) is 4.76. The van der Waals surface area contributed by atoms with Crippen molar-refractivity contribution in [2.45, 2.75) is 26.5 Å². The van der Waals surface area contributed by atoms with E-state index in [1.807, 2.05) is 12.1 Å². The Labute approximate surface area is 128 Å². The summed E-state index contributed by atoms with van der Waals surface area (Å²) in [5, 5.41) is 7.56. The third-order valence-corrected chi connectivity index (χ3v) is 4.00. The number of rotatable bonds is 7. The fraction of sp³-hybridized carbons (Fsp3) is 0.375. The molecule has 0 atom stereocenters. The van der Waals surface area contributed by atoms with Crippen LogP contribution in [0.15, 0.2) is 29.0 Å². The van der Waals surface area contributed by atoms with Crippen molar-refractivity contribution >= 4 is 11.3 Å². The smallest absolute Gasteiger partial charge is 0.231 e. The molecule has 0 spiro atoms. The van der Waals surface area contributed by atoms with Crippen molar-refractivity contribution in [1.82, 2.24) is 5.32 Å². The lowest BCUT2D eigenvalue weighted by molar-refractivity contribution is 0.173. The predicted molar refractivity (Wildman–Crippen MR) is 83.2 cm³/mol. The summed E-state index contributed by atoms with van der Waals surface area (Å²) in [6, 6.07) is 6.01. The van der Waals surface area contributed by atoms with Gasteiger partial charge in [-0.2, -0.15) is 11.3 Å². The minimum atomic E-state index is 0.283. The number of hydrogen-bond acceptors (Lipinski definition) is 5. The van der Waals surface area contributed by atoms with Crippen LogP contribution in [0.2, 0.25) is 0 Å². The zero-order chi connectivity index (χ0) is 14.5. The van der Waals surface area contributed by atoms with Crippen LogP contribution in [0.4, 0.5) is 0 Å². The first kappa shape index (κ1) is 14.2. The summed E-state index contributed by atoms with van der Waals surface area (Å²) >= 11 is 1.68. The SMILES string of the molecule is CCCNCc1cc2c(cc1OCc1ccsc1)OCO2. The Bertz CT molecular complexity index is 583. The molecule has 0 saturated carbocycles. The van der Waals surface area contributed by atoms with Gasteiger partial charge in [-0.3, -0.25) is 0 Å². The first-order chi connectivity index (χ1) is 10.4. The van der Waals surface area contributed by atoms with E-state index in [-0.39, 0.29) is 6.79 Å². The molecule has 0 bridgehead atoms. The third kappa shape index (κ3) is 3.49. The van der Waals surface area contributed by atoms with E-state index < -0.39 is 0 Å². The molecule has 1 aromatic heterocycles. The molecule has 2 aromatic rings. The number of thiophene rings is 1. The van der Waals surface area contributed by atoms with E-state index in [1.54, 1.807) is 11.3 Å². The number of fused-ring (bicyclic) bond motifs is 1. The van der Waals surface area contributed by atoms with Crippen molar-refractivity contribution in [2.24, 2.45) is 0 Å². The molecule has 1 aliphatic heterocycles. The maximum absolute atomic E-state index is 5.97. The van der Waals surface area contributed by atoms with Crippen molar-refractivity contribution in [3.05, 3.63) is 40.1 Å². The second kappa shape index (κ2) is 6.83. The van der Waals surface area contributed by atoms with Crippen molar-refractivity contribution in [2.75, 3.05) is 13.3 Å². The molecule has 3 rings (SSSR count). The Hall–Kier alpha value is -1.72. The van der Waals surface area contributed by atoms with Gasteiger partial charge in [0.2, 0.25) is 6.79 Å². The molecule has 5 heteroatoms. The Kier molecular flexibility index (Phi) is 4.62. The van der Waals surface area contributed by atoms with Crippen LogP contribution in [-0.4, -0.2) is 13.3 Å². The van der Waals surface area contributed by atoms with Gasteiger partial charge in [0.1, 0.15) is 12.4 Å². The zero-order valence-corrected chi connectivity index (χ0v) is 12.9. The zero-order valence-electron chi connectivity index (χ0n) is 12.1. The molecule has 0 aliphatic carbocycles. The first-order valence-corrected chi connectivity index (χ1v) is 8.08. The van der Waals surface area contributed by atoms with Gasteiger partial charge in [0.15, 0.2) is 11.5 Å². The van der Waals surface area contributed by atoms with Crippen molar-refractivity contribution in [1.29, 1.82) is 0 Å². The molecule has 0 unspecified atom stereocenters. The van der Waals surface area contributed by atoms with Crippen LogP contribution in [0, 0.1) is 0 Å². The topological polar surface area (TPSA) is 39.7 Å². The standard InChI is InChI=1S/C16H19NO3S/c1-2-4-17-8-13-6-15-16(20-11-19-15)7-14(13)18-9-12-3-5-21-10-12/h3,5-7,10,17H,2,4,8-9,11H2,1H3. The van der Waals surface area contributed by atoms with Gasteiger partial charge in [-0.1, -0.05) is 6.92 Å². The predicted octanol–water partition coefficient (Wildman–Crippen LogP) is 3.56. The van der Waals surface area contributed by atoms with E-state index in [4.69, 9.17) is 14.2 Å². The highest BCUT2D eigenvalue weighted by Crippen LogP contribution is 2.38. The average molecular weight is 305 g/mol. The van der Waals surface area contributed by atoms with Gasteiger partial charge in [-0.05, 0) is 41.4 Å². The van der Waals surface area contributed by atoms with Crippen molar-refractivity contribution in [3.8, 4) is 17.2 Å². The lowest BCUT2D eigenvalue weighted by atomic mass is 10.1. The monoisotopic (exact) mass is 305 g/mol. The van der Waals surface area contributed by atoms with Crippen molar-refractivity contribution in [3.63, 3.8) is 0 Å². The summed E-state index contributed by atoms with van der Waals surface area (Å²) < 4.78 is 16.9. The molecule has 112 valence electrons. The second-order valence-corrected chi connectivity index (χ2v) is 5.69. The number of hydrogen-bond donors (Lipinski definition) is 1. The lowest BCUT2D eigenvalue weighted by Gasteiger charge is -2.13. The molecule has 1 aliphatic rings. The van der Waals surface area contributed by atoms with Gasteiger partial charge in [0, 0.05) is 18.2 Å². The molecule has 0 amide bonds. The van der Waals surface area contributed by atoms with Crippen LogP contribution in [-0.2, 0) is 13.2 Å². The molecule has 0 saturated heterocycles. The van der Waals surface area contributed by atoms with Crippen LogP contribution in [0.25, 0.3) is 0 Å². The Balaban J connectivity index is 1.75. The maximum atomic E-state index is 5.97. The molecule has 0 radical (unpaired) electrons. The number of ether oxygens (including phenoxy) is 3. The summed E-state index contributed by atoms with van der Waals surface area (Å²) in [5.41, 5.74) is 2.29. The molecule has 21 heavy (non-hydrogen) atoms. The molecule has 4 nitrogen and oxygen atoms in total. The highest BCUT2D eigenvalue weighted by Gasteiger charge is 2.18. The fourth-order valence-electron chi connectivity index (χ4n) is 2.17. The average Bonchev–Trinajstić information content (AvgIpc) is 3.16. The summed E-state index contributed by atoms with van der Waals surface area (Å²) in [4.78, 5) is 0. The fourth-order valence-corrected chi connectivity index (χ4v) is 2.83. The van der Waals surface area contributed by atoms with Gasteiger partial charge in [0.05, 0.1) is 0 Å². The molecule has 0 fully saturated rings. The van der Waals surface area contributed by atoms with E-state index in [0.717, 1.165) is 42.3 Å². The van der Waals surface area contributed by atoms with E-state index in [0.29, 0.717) is 6.61 Å². The largest absolute Gasteiger partial charge is 0.488 e. The molecule has 2 heterocycles. The van der Waals surface area contributed by atoms with Gasteiger partial charge < -0.3 is 19.5 Å². The van der Waals surface area contributed by atoms with Crippen LogP contribution >= 0.6 is 11.3 Å². The van der Waals surface area contributed by atoms with Crippen molar-refractivity contribution < 1.29 is 14.2 Å². The first-order valence-electron chi connectivity index (χ1n) is 7.14. The summed E-state index contributed by atoms with van der Waals surface area (Å²) in [7, 11) is 0. The molecule has 1 N–H and O–H groups in total. The van der Waals surface area contributed by atoms with Crippen LogP contribution in [0.5, 0.6) is 17.2 Å². The Morgan fingerprint density at radius 1 is 1.29 bits per heavy atom. The Morgan fingerprint density at radius 2 is 2.14 bits per heavy atom. The Morgan fingerprint density at radius 3 is 2.90 bits per heavy atom. The van der Waals surface area contributed by atoms with Gasteiger partial charge >= 0.3 is 0 Å². The minimum absolute atomic E-state index is 0.283. The third-order valence-electron chi connectivity index (χ3n) is 3.27. The second-order valence-electron chi connectivity index (χ2n) is 4.91. The van der Waals surface area contributed by atoms with Crippen LogP contribution in [0.1, 0.15) is 24.5 Å². The molecule has 1 aromatic carbocycles. The van der Waals surface area contributed by atoms with Gasteiger partial charge in [-0.25, -0.2) is 0 Å². The molecular formula is C16H19NO3S.